The molecule has 94 valence electrons. The molecule has 0 saturated carbocycles. The monoisotopic (exact) mass is 263 g/mol. The predicted molar refractivity (Wildman–Crippen MR) is 69.6 cm³/mol. The molecular weight excluding hydrogens is 250 g/mol. The molecule has 1 aromatic heterocycles. The number of nitrogens with one attached hydrogen (secondary N) is 1. The van der Waals surface area contributed by atoms with Crippen LogP contribution in [0.15, 0.2) is 41.8 Å². The van der Waals surface area contributed by atoms with Crippen LogP contribution in [0.5, 0.6) is 5.75 Å². The first-order chi connectivity index (χ1) is 8.66. The van der Waals surface area contributed by atoms with E-state index in [1.54, 1.807) is 23.5 Å². The molecule has 0 aliphatic rings. The number of hydrogen-bond acceptors (Lipinski definition) is 4. The van der Waals surface area contributed by atoms with E-state index in [1.807, 2.05) is 17.5 Å². The van der Waals surface area contributed by atoms with Crippen LogP contribution in [0, 0.1) is 0 Å². The highest BCUT2D eigenvalue weighted by Crippen LogP contribution is 2.18. The summed E-state index contributed by atoms with van der Waals surface area (Å²) in [5.74, 6) is -0.807. The molecule has 3 N–H and O–H groups in total. The van der Waals surface area contributed by atoms with Gasteiger partial charge in [-0.2, -0.15) is 0 Å². The highest BCUT2D eigenvalue weighted by atomic mass is 32.1. The van der Waals surface area contributed by atoms with Gasteiger partial charge < -0.3 is 10.2 Å². The van der Waals surface area contributed by atoms with Gasteiger partial charge in [0, 0.05) is 11.4 Å². The molecule has 1 aromatic carbocycles. The van der Waals surface area contributed by atoms with Crippen LogP contribution in [-0.2, 0) is 11.3 Å². The zero-order chi connectivity index (χ0) is 13.0. The third kappa shape index (κ3) is 3.09. The largest absolute Gasteiger partial charge is 0.508 e. The van der Waals surface area contributed by atoms with E-state index < -0.39 is 12.0 Å². The fourth-order valence-electron chi connectivity index (χ4n) is 1.63. The number of aromatic hydroxyl groups is 1. The lowest BCUT2D eigenvalue weighted by Gasteiger charge is -2.14. The Morgan fingerprint density at radius 3 is 2.56 bits per heavy atom. The summed E-state index contributed by atoms with van der Waals surface area (Å²) in [6, 6.07) is 9.29. The number of rotatable bonds is 5. The van der Waals surface area contributed by atoms with E-state index in [1.165, 1.54) is 12.1 Å². The van der Waals surface area contributed by atoms with Crippen molar-refractivity contribution in [2.75, 3.05) is 0 Å². The van der Waals surface area contributed by atoms with Crippen molar-refractivity contribution in [2.24, 2.45) is 0 Å². The number of aliphatic carboxylic acids is 1. The standard InChI is InChI=1S/C13H13NO3S/c15-10-5-3-9(4-6-10)12(13(16)17)14-8-11-2-1-7-18-11/h1-7,12,14-15H,8H2,(H,16,17). The Morgan fingerprint density at radius 1 is 1.28 bits per heavy atom. The molecule has 0 aliphatic carbocycles. The van der Waals surface area contributed by atoms with Crippen molar-refractivity contribution in [3.63, 3.8) is 0 Å². The number of hydrogen-bond donors (Lipinski definition) is 3. The number of benzene rings is 1. The predicted octanol–water partition coefficient (Wildman–Crippen LogP) is 2.37. The molecule has 0 fully saturated rings. The highest BCUT2D eigenvalue weighted by Gasteiger charge is 2.19. The van der Waals surface area contributed by atoms with E-state index in [0.717, 1.165) is 4.88 Å². The maximum Gasteiger partial charge on any atom is 0.325 e. The van der Waals surface area contributed by atoms with Gasteiger partial charge in [0.05, 0.1) is 0 Å². The van der Waals surface area contributed by atoms with Crippen LogP contribution < -0.4 is 5.32 Å². The smallest absolute Gasteiger partial charge is 0.325 e. The average molecular weight is 263 g/mol. The van der Waals surface area contributed by atoms with Crippen molar-refractivity contribution in [1.29, 1.82) is 0 Å². The number of carboxylic acids is 1. The third-order valence-corrected chi connectivity index (χ3v) is 3.41. The second-order valence-electron chi connectivity index (χ2n) is 3.82. The van der Waals surface area contributed by atoms with Crippen LogP contribution in [0.25, 0.3) is 0 Å². The van der Waals surface area contributed by atoms with Crippen molar-refractivity contribution < 1.29 is 15.0 Å². The van der Waals surface area contributed by atoms with Crippen molar-refractivity contribution in [1.82, 2.24) is 5.32 Å². The summed E-state index contributed by atoms with van der Waals surface area (Å²) in [6.07, 6.45) is 0. The van der Waals surface area contributed by atoms with E-state index in [4.69, 9.17) is 0 Å². The Morgan fingerprint density at radius 2 is 2.00 bits per heavy atom. The average Bonchev–Trinajstić information content (AvgIpc) is 2.84. The Labute approximate surface area is 109 Å². The lowest BCUT2D eigenvalue weighted by atomic mass is 10.1. The molecule has 2 rings (SSSR count). The molecule has 1 unspecified atom stereocenters. The molecule has 1 heterocycles. The first-order valence-corrected chi connectivity index (χ1v) is 6.32. The van der Waals surface area contributed by atoms with Crippen LogP contribution in [0.3, 0.4) is 0 Å². The zero-order valence-corrected chi connectivity index (χ0v) is 10.4. The molecule has 0 amide bonds. The molecule has 0 spiro atoms. The van der Waals surface area contributed by atoms with E-state index in [0.29, 0.717) is 12.1 Å². The molecule has 1 atom stereocenters. The van der Waals surface area contributed by atoms with E-state index in [-0.39, 0.29) is 5.75 Å². The van der Waals surface area contributed by atoms with Crippen LogP contribution >= 0.6 is 11.3 Å². The highest BCUT2D eigenvalue weighted by molar-refractivity contribution is 7.09. The van der Waals surface area contributed by atoms with Gasteiger partial charge in [-0.3, -0.25) is 10.1 Å². The molecule has 0 bridgehead atoms. The van der Waals surface area contributed by atoms with Gasteiger partial charge in [-0.05, 0) is 29.1 Å². The minimum Gasteiger partial charge on any atom is -0.508 e. The second-order valence-corrected chi connectivity index (χ2v) is 4.86. The molecule has 0 aliphatic heterocycles. The van der Waals surface area contributed by atoms with Gasteiger partial charge in [-0.25, -0.2) is 0 Å². The number of phenolic OH excluding ortho intramolecular Hbond substituents is 1. The summed E-state index contributed by atoms with van der Waals surface area (Å²) >= 11 is 1.58. The summed E-state index contributed by atoms with van der Waals surface area (Å²) in [6.45, 7) is 0.509. The number of thiophene rings is 1. The van der Waals surface area contributed by atoms with Gasteiger partial charge in [0.2, 0.25) is 0 Å². The number of carbonyl (C=O) groups is 1. The minimum absolute atomic E-state index is 0.126. The first kappa shape index (κ1) is 12.6. The normalized spacial score (nSPS) is 12.2. The molecule has 0 radical (unpaired) electrons. The minimum atomic E-state index is -0.933. The molecule has 5 heteroatoms. The summed E-state index contributed by atoms with van der Waals surface area (Å²) in [4.78, 5) is 12.3. The Balaban J connectivity index is 2.08. The fraction of sp³-hybridized carbons (Fsp3) is 0.154. The molecule has 0 saturated heterocycles. The van der Waals surface area contributed by atoms with E-state index in [9.17, 15) is 15.0 Å². The maximum absolute atomic E-state index is 11.2. The van der Waals surface area contributed by atoms with Gasteiger partial charge in [0.25, 0.3) is 0 Å². The fourth-order valence-corrected chi connectivity index (χ4v) is 2.29. The van der Waals surface area contributed by atoms with E-state index in [2.05, 4.69) is 5.32 Å². The Hall–Kier alpha value is -1.85. The molecule has 2 aromatic rings. The lowest BCUT2D eigenvalue weighted by molar-refractivity contribution is -0.139. The maximum atomic E-state index is 11.2. The molecule has 18 heavy (non-hydrogen) atoms. The summed E-state index contributed by atoms with van der Waals surface area (Å²) in [5, 5.41) is 23.3. The van der Waals surface area contributed by atoms with Gasteiger partial charge in [0.1, 0.15) is 11.8 Å². The quantitative estimate of drug-likeness (QED) is 0.774. The topological polar surface area (TPSA) is 69.6 Å². The Bertz CT molecular complexity index is 508. The first-order valence-electron chi connectivity index (χ1n) is 5.44. The summed E-state index contributed by atoms with van der Waals surface area (Å²) in [7, 11) is 0. The van der Waals surface area contributed by atoms with Crippen LogP contribution in [-0.4, -0.2) is 16.2 Å². The van der Waals surface area contributed by atoms with Crippen molar-refractivity contribution >= 4 is 17.3 Å². The van der Waals surface area contributed by atoms with Gasteiger partial charge in [-0.1, -0.05) is 18.2 Å². The Kier molecular flexibility index (Phi) is 3.96. The van der Waals surface area contributed by atoms with Crippen molar-refractivity contribution in [2.45, 2.75) is 12.6 Å². The third-order valence-electron chi connectivity index (χ3n) is 2.53. The van der Waals surface area contributed by atoms with Crippen LogP contribution in [0.4, 0.5) is 0 Å². The number of phenols is 1. The zero-order valence-electron chi connectivity index (χ0n) is 9.54. The van der Waals surface area contributed by atoms with E-state index >= 15 is 0 Å². The second kappa shape index (κ2) is 5.66. The van der Waals surface area contributed by atoms with Crippen LogP contribution in [0.2, 0.25) is 0 Å². The van der Waals surface area contributed by atoms with Crippen molar-refractivity contribution in [3.05, 3.63) is 52.2 Å². The molecular formula is C13H13NO3S. The van der Waals surface area contributed by atoms with Crippen molar-refractivity contribution in [3.8, 4) is 5.75 Å². The lowest BCUT2D eigenvalue weighted by Crippen LogP contribution is -2.27. The van der Waals surface area contributed by atoms with Gasteiger partial charge in [-0.15, -0.1) is 11.3 Å². The summed E-state index contributed by atoms with van der Waals surface area (Å²) < 4.78 is 0. The van der Waals surface area contributed by atoms with Crippen LogP contribution in [0.1, 0.15) is 16.5 Å². The van der Waals surface area contributed by atoms with Gasteiger partial charge >= 0.3 is 5.97 Å². The van der Waals surface area contributed by atoms with Gasteiger partial charge in [0.15, 0.2) is 0 Å². The SMILES string of the molecule is O=C(O)C(NCc1cccs1)c1ccc(O)cc1. The number of carboxylic acid groups (broad SMARTS) is 1. The summed E-state index contributed by atoms with van der Waals surface area (Å²) in [5.41, 5.74) is 0.622. The molecule has 4 nitrogen and oxygen atoms in total.